The van der Waals surface area contributed by atoms with E-state index in [-0.39, 0.29) is 11.8 Å². The second-order valence-electron chi connectivity index (χ2n) is 8.03. The first kappa shape index (κ1) is 18.9. The summed E-state index contributed by atoms with van der Waals surface area (Å²) >= 11 is 1.66. The number of nitrogens with one attached hydrogen (secondary N) is 3. The zero-order valence-electron chi connectivity index (χ0n) is 17.3. The van der Waals surface area contributed by atoms with Crippen molar-refractivity contribution in [2.45, 2.75) is 19.3 Å². The highest BCUT2D eigenvalue weighted by Gasteiger charge is 2.29. The lowest BCUT2D eigenvalue weighted by Gasteiger charge is -2.21. The highest BCUT2D eigenvalue weighted by Crippen LogP contribution is 2.40. The highest BCUT2D eigenvalue weighted by molar-refractivity contribution is 7.19. The average Bonchev–Trinajstić information content (AvgIpc) is 3.51. The topological polar surface area (TPSA) is 113 Å². The minimum absolute atomic E-state index is 0.0407. The molecule has 0 fully saturated rings. The van der Waals surface area contributed by atoms with E-state index in [0.29, 0.717) is 6.42 Å². The van der Waals surface area contributed by atoms with Gasteiger partial charge < -0.3 is 10.6 Å². The van der Waals surface area contributed by atoms with Crippen LogP contribution in [0.5, 0.6) is 0 Å². The van der Waals surface area contributed by atoms with E-state index in [1.807, 2.05) is 25.2 Å². The Kier molecular flexibility index (Phi) is 4.39. The van der Waals surface area contributed by atoms with E-state index in [1.165, 1.54) is 10.4 Å². The summed E-state index contributed by atoms with van der Waals surface area (Å²) in [5.74, 6) is 0.774. The average molecular weight is 445 g/mol. The van der Waals surface area contributed by atoms with Gasteiger partial charge in [0.2, 0.25) is 5.91 Å². The Morgan fingerprint density at radius 2 is 2.19 bits per heavy atom. The zero-order valence-corrected chi connectivity index (χ0v) is 18.1. The van der Waals surface area contributed by atoms with Crippen LogP contribution in [0.1, 0.15) is 16.9 Å². The van der Waals surface area contributed by atoms with Gasteiger partial charge in [-0.05, 0) is 43.0 Å². The van der Waals surface area contributed by atoms with Crippen molar-refractivity contribution in [2.24, 2.45) is 13.0 Å². The highest BCUT2D eigenvalue weighted by atomic mass is 32.1. The number of anilines is 3. The van der Waals surface area contributed by atoms with Crippen molar-refractivity contribution < 1.29 is 4.79 Å². The molecule has 0 aliphatic heterocycles. The van der Waals surface area contributed by atoms with Gasteiger partial charge in [-0.3, -0.25) is 14.6 Å². The molecule has 1 unspecified atom stereocenters. The van der Waals surface area contributed by atoms with Gasteiger partial charge in [0.1, 0.15) is 17.0 Å². The van der Waals surface area contributed by atoms with Gasteiger partial charge in [-0.25, -0.2) is 9.97 Å². The first-order valence-corrected chi connectivity index (χ1v) is 11.2. The Balaban J connectivity index is 1.28. The third-order valence-corrected chi connectivity index (χ3v) is 7.05. The fraction of sp³-hybridized carbons (Fsp3) is 0.227. The largest absolute Gasteiger partial charge is 0.340 e. The second kappa shape index (κ2) is 7.41. The Morgan fingerprint density at radius 1 is 1.25 bits per heavy atom. The minimum Gasteiger partial charge on any atom is -0.340 e. The van der Waals surface area contributed by atoms with Crippen LogP contribution in [0.15, 0.2) is 43.1 Å². The van der Waals surface area contributed by atoms with Crippen LogP contribution in [0.2, 0.25) is 0 Å². The number of aromatic amines is 1. The lowest BCUT2D eigenvalue weighted by atomic mass is 9.87. The van der Waals surface area contributed by atoms with E-state index in [4.69, 9.17) is 0 Å². The number of hydrogen-bond acceptors (Lipinski definition) is 7. The zero-order chi connectivity index (χ0) is 21.7. The molecule has 0 radical (unpaired) electrons. The fourth-order valence-corrected chi connectivity index (χ4v) is 5.58. The Hall–Kier alpha value is -3.79. The van der Waals surface area contributed by atoms with Crippen LogP contribution < -0.4 is 10.6 Å². The van der Waals surface area contributed by atoms with Gasteiger partial charge in [0.05, 0.1) is 29.0 Å². The summed E-state index contributed by atoms with van der Waals surface area (Å²) in [7, 11) is 1.83. The SMILES string of the molecule is Cn1cc(NC(=O)C2CCc3c(sc4ncnc(Nc5ccc6[nH]ncc6c5)c34)C2)cn1. The number of aryl methyl sites for hydroxylation is 2. The Morgan fingerprint density at radius 3 is 3.06 bits per heavy atom. The van der Waals surface area contributed by atoms with E-state index < -0.39 is 0 Å². The normalized spacial score (nSPS) is 15.7. The molecular formula is C22H20N8OS. The van der Waals surface area contributed by atoms with Gasteiger partial charge in [-0.15, -0.1) is 11.3 Å². The predicted molar refractivity (Wildman–Crippen MR) is 124 cm³/mol. The number of carbonyl (C=O) groups is 1. The summed E-state index contributed by atoms with van der Waals surface area (Å²) in [4.78, 5) is 24.0. The molecule has 4 heterocycles. The fourth-order valence-electron chi connectivity index (χ4n) is 4.32. The van der Waals surface area contributed by atoms with Crippen LogP contribution in [-0.4, -0.2) is 35.9 Å². The van der Waals surface area contributed by atoms with Crippen molar-refractivity contribution in [3.63, 3.8) is 0 Å². The van der Waals surface area contributed by atoms with E-state index in [0.717, 1.165) is 51.2 Å². The number of amides is 1. The molecule has 0 saturated carbocycles. The lowest BCUT2D eigenvalue weighted by molar-refractivity contribution is -0.120. The number of fused-ring (bicyclic) bond motifs is 4. The molecule has 5 aromatic rings. The molecule has 3 N–H and O–H groups in total. The maximum atomic E-state index is 12.8. The first-order chi connectivity index (χ1) is 15.6. The van der Waals surface area contributed by atoms with Crippen molar-refractivity contribution in [1.29, 1.82) is 0 Å². The number of H-pyrrole nitrogens is 1. The van der Waals surface area contributed by atoms with Gasteiger partial charge in [0, 0.05) is 35.1 Å². The standard InChI is InChI=1S/C22H20N8OS/c1-30-10-15(9-26-30)28-21(31)12-2-4-16-18(7-12)32-22-19(16)20(23-11-24-22)27-14-3-5-17-13(6-14)8-25-29-17/h3,5-6,8-12H,2,4,7H2,1H3,(H,25,29)(H,28,31)(H,23,24,27). The van der Waals surface area contributed by atoms with Crippen LogP contribution in [0, 0.1) is 5.92 Å². The molecule has 0 bridgehead atoms. The molecule has 4 aromatic heterocycles. The molecule has 1 atom stereocenters. The molecule has 1 aliphatic carbocycles. The maximum absolute atomic E-state index is 12.8. The number of hydrogen-bond donors (Lipinski definition) is 3. The van der Waals surface area contributed by atoms with Crippen LogP contribution >= 0.6 is 11.3 Å². The van der Waals surface area contributed by atoms with Crippen LogP contribution in [0.4, 0.5) is 17.2 Å². The third kappa shape index (κ3) is 3.28. The smallest absolute Gasteiger partial charge is 0.227 e. The van der Waals surface area contributed by atoms with Gasteiger partial charge in [-0.2, -0.15) is 10.2 Å². The molecule has 32 heavy (non-hydrogen) atoms. The number of rotatable bonds is 4. The molecule has 0 spiro atoms. The molecule has 10 heteroatoms. The summed E-state index contributed by atoms with van der Waals surface area (Å²) in [6.45, 7) is 0. The van der Waals surface area contributed by atoms with E-state index in [9.17, 15) is 4.79 Å². The van der Waals surface area contributed by atoms with Crippen molar-refractivity contribution in [3.8, 4) is 0 Å². The van der Waals surface area contributed by atoms with Crippen molar-refractivity contribution in [1.82, 2.24) is 29.9 Å². The van der Waals surface area contributed by atoms with Crippen molar-refractivity contribution in [2.75, 3.05) is 10.6 Å². The van der Waals surface area contributed by atoms with E-state index >= 15 is 0 Å². The number of aromatic nitrogens is 6. The summed E-state index contributed by atoms with van der Waals surface area (Å²) < 4.78 is 1.68. The number of thiophene rings is 1. The molecule has 1 aromatic carbocycles. The Labute approximate surface area is 186 Å². The monoisotopic (exact) mass is 444 g/mol. The molecule has 160 valence electrons. The summed E-state index contributed by atoms with van der Waals surface area (Å²) in [5, 5.41) is 19.7. The summed E-state index contributed by atoms with van der Waals surface area (Å²) in [6, 6.07) is 6.05. The molecule has 1 aliphatic rings. The van der Waals surface area contributed by atoms with Crippen molar-refractivity contribution >= 4 is 55.6 Å². The van der Waals surface area contributed by atoms with Crippen LogP contribution in [0.25, 0.3) is 21.1 Å². The third-order valence-electron chi connectivity index (χ3n) is 5.89. The van der Waals surface area contributed by atoms with Gasteiger partial charge in [-0.1, -0.05) is 0 Å². The minimum atomic E-state index is -0.0661. The van der Waals surface area contributed by atoms with E-state index in [1.54, 1.807) is 40.9 Å². The second-order valence-corrected chi connectivity index (χ2v) is 9.12. The quantitative estimate of drug-likeness (QED) is 0.389. The van der Waals surface area contributed by atoms with Crippen molar-refractivity contribution in [3.05, 3.63) is 53.6 Å². The summed E-state index contributed by atoms with van der Waals surface area (Å²) in [5.41, 5.74) is 3.92. The van der Waals surface area contributed by atoms with Crippen LogP contribution in [-0.2, 0) is 24.7 Å². The van der Waals surface area contributed by atoms with Gasteiger partial charge in [0.25, 0.3) is 0 Å². The number of carbonyl (C=O) groups excluding carboxylic acids is 1. The lowest BCUT2D eigenvalue weighted by Crippen LogP contribution is -2.27. The molecule has 9 nitrogen and oxygen atoms in total. The predicted octanol–water partition coefficient (Wildman–Crippen LogP) is 3.79. The van der Waals surface area contributed by atoms with Crippen LogP contribution in [0.3, 0.4) is 0 Å². The summed E-state index contributed by atoms with van der Waals surface area (Å²) in [6.07, 6.45) is 9.20. The van der Waals surface area contributed by atoms with E-state index in [2.05, 4.69) is 35.9 Å². The number of benzene rings is 1. The number of nitrogens with zero attached hydrogens (tertiary/aromatic N) is 5. The molecule has 1 amide bonds. The Bertz CT molecular complexity index is 1470. The molecule has 6 rings (SSSR count). The molecular weight excluding hydrogens is 424 g/mol. The maximum Gasteiger partial charge on any atom is 0.227 e. The molecule has 0 saturated heterocycles. The first-order valence-electron chi connectivity index (χ1n) is 10.4. The van der Waals surface area contributed by atoms with Gasteiger partial charge >= 0.3 is 0 Å². The van der Waals surface area contributed by atoms with Gasteiger partial charge in [0.15, 0.2) is 0 Å².